The molecule has 3 rings (SSSR count). The molecule has 0 aliphatic carbocycles. The summed E-state index contributed by atoms with van der Waals surface area (Å²) < 4.78 is 0. The zero-order chi connectivity index (χ0) is 21.0. The molecule has 3 unspecified atom stereocenters. The Bertz CT molecular complexity index is 741. The quantitative estimate of drug-likeness (QED) is 0.311. The maximum Gasteiger partial charge on any atom is 0.225 e. The van der Waals surface area contributed by atoms with Crippen molar-refractivity contribution < 1.29 is 4.79 Å². The average molecular weight is 527 g/mol. The zero-order valence-electron chi connectivity index (χ0n) is 19.0. The minimum Gasteiger partial charge on any atom is -0.356 e. The number of amides is 1. The SMILES string of the molecule is CN=C(NCC1CC(=O)Nc2ccccc21)NCC(C)(C)N1CC(C)CC(C)C1.I. The fourth-order valence-corrected chi connectivity index (χ4v) is 4.69. The zero-order valence-corrected chi connectivity index (χ0v) is 21.3. The molecule has 6 nitrogen and oxygen atoms in total. The highest BCUT2D eigenvalue weighted by atomic mass is 127. The van der Waals surface area contributed by atoms with Crippen LogP contribution in [0.5, 0.6) is 0 Å². The van der Waals surface area contributed by atoms with E-state index in [1.807, 2.05) is 18.2 Å². The van der Waals surface area contributed by atoms with Crippen molar-refractivity contribution in [2.75, 3.05) is 38.5 Å². The molecular weight excluding hydrogens is 489 g/mol. The third kappa shape index (κ3) is 6.33. The Hall–Kier alpha value is -1.35. The van der Waals surface area contributed by atoms with Crippen LogP contribution in [-0.2, 0) is 4.79 Å². The number of rotatable bonds is 5. The Labute approximate surface area is 198 Å². The molecule has 0 spiro atoms. The number of piperidine rings is 1. The van der Waals surface area contributed by atoms with Crippen molar-refractivity contribution in [1.29, 1.82) is 0 Å². The van der Waals surface area contributed by atoms with E-state index in [9.17, 15) is 4.79 Å². The van der Waals surface area contributed by atoms with Gasteiger partial charge in [-0.3, -0.25) is 14.7 Å². The van der Waals surface area contributed by atoms with Crippen molar-refractivity contribution in [2.24, 2.45) is 16.8 Å². The molecule has 0 bridgehead atoms. The van der Waals surface area contributed by atoms with Gasteiger partial charge >= 0.3 is 0 Å². The number of nitrogens with one attached hydrogen (secondary N) is 3. The topological polar surface area (TPSA) is 68.8 Å². The number of anilines is 1. The highest BCUT2D eigenvalue weighted by Crippen LogP contribution is 2.31. The molecule has 0 saturated carbocycles. The first-order valence-electron chi connectivity index (χ1n) is 10.9. The van der Waals surface area contributed by atoms with E-state index in [1.165, 1.54) is 12.0 Å². The van der Waals surface area contributed by atoms with Crippen molar-refractivity contribution in [1.82, 2.24) is 15.5 Å². The van der Waals surface area contributed by atoms with Crippen LogP contribution in [0.4, 0.5) is 5.69 Å². The number of nitrogens with zero attached hydrogens (tertiary/aromatic N) is 2. The van der Waals surface area contributed by atoms with Gasteiger partial charge in [-0.05, 0) is 43.7 Å². The number of fused-ring (bicyclic) bond motifs is 1. The van der Waals surface area contributed by atoms with E-state index in [0.717, 1.165) is 43.1 Å². The van der Waals surface area contributed by atoms with Crippen LogP contribution in [0.1, 0.15) is 52.0 Å². The second-order valence-corrected chi connectivity index (χ2v) is 9.51. The van der Waals surface area contributed by atoms with Crippen LogP contribution in [-0.4, -0.2) is 55.5 Å². The van der Waals surface area contributed by atoms with Crippen molar-refractivity contribution >= 4 is 41.5 Å². The molecule has 1 saturated heterocycles. The van der Waals surface area contributed by atoms with Crippen LogP contribution < -0.4 is 16.0 Å². The van der Waals surface area contributed by atoms with E-state index < -0.39 is 0 Å². The van der Waals surface area contributed by atoms with Crippen LogP contribution in [0.3, 0.4) is 0 Å². The summed E-state index contributed by atoms with van der Waals surface area (Å²) in [6.45, 7) is 13.1. The van der Waals surface area contributed by atoms with E-state index in [1.54, 1.807) is 7.05 Å². The Balaban J connectivity index is 0.00000320. The molecule has 1 aromatic carbocycles. The van der Waals surface area contributed by atoms with Crippen molar-refractivity contribution in [3.63, 3.8) is 0 Å². The van der Waals surface area contributed by atoms with E-state index in [2.05, 4.69) is 59.6 Å². The Morgan fingerprint density at radius 1 is 1.20 bits per heavy atom. The number of hydrogen-bond donors (Lipinski definition) is 3. The monoisotopic (exact) mass is 527 g/mol. The molecule has 1 fully saturated rings. The molecule has 0 aromatic heterocycles. The molecule has 2 aliphatic rings. The largest absolute Gasteiger partial charge is 0.356 e. The number of carbonyl (C=O) groups is 1. The van der Waals surface area contributed by atoms with Gasteiger partial charge in [0.25, 0.3) is 0 Å². The van der Waals surface area contributed by atoms with Crippen LogP contribution in [0.25, 0.3) is 0 Å². The van der Waals surface area contributed by atoms with Crippen molar-refractivity contribution in [3.05, 3.63) is 29.8 Å². The van der Waals surface area contributed by atoms with E-state index >= 15 is 0 Å². The lowest BCUT2D eigenvalue weighted by atomic mass is 9.88. The molecule has 30 heavy (non-hydrogen) atoms. The lowest BCUT2D eigenvalue weighted by Crippen LogP contribution is -2.57. The Morgan fingerprint density at radius 3 is 2.53 bits per heavy atom. The van der Waals surface area contributed by atoms with Gasteiger partial charge in [0.05, 0.1) is 0 Å². The summed E-state index contributed by atoms with van der Waals surface area (Å²) in [6, 6.07) is 8.05. The molecule has 168 valence electrons. The van der Waals surface area contributed by atoms with Gasteiger partial charge in [0.1, 0.15) is 0 Å². The van der Waals surface area contributed by atoms with Crippen LogP contribution >= 0.6 is 24.0 Å². The average Bonchev–Trinajstić information content (AvgIpc) is 2.67. The van der Waals surface area contributed by atoms with Crippen molar-refractivity contribution in [3.8, 4) is 0 Å². The van der Waals surface area contributed by atoms with Gasteiger partial charge in [-0.25, -0.2) is 0 Å². The minimum absolute atomic E-state index is 0. The van der Waals surface area contributed by atoms with Gasteiger partial charge < -0.3 is 16.0 Å². The van der Waals surface area contributed by atoms with Crippen LogP contribution in [0.2, 0.25) is 0 Å². The number of aliphatic imine (C=N–C) groups is 1. The first-order chi connectivity index (χ1) is 13.8. The molecule has 1 aromatic rings. The molecule has 2 heterocycles. The van der Waals surface area contributed by atoms with Crippen LogP contribution in [0.15, 0.2) is 29.3 Å². The summed E-state index contributed by atoms with van der Waals surface area (Å²) in [7, 11) is 1.80. The predicted octanol–water partition coefficient (Wildman–Crippen LogP) is 3.65. The molecule has 1 amide bonds. The first-order valence-corrected chi connectivity index (χ1v) is 10.9. The molecule has 0 radical (unpaired) electrons. The lowest BCUT2D eigenvalue weighted by molar-refractivity contribution is -0.116. The number of carbonyl (C=O) groups excluding carboxylic acids is 1. The predicted molar refractivity (Wildman–Crippen MR) is 136 cm³/mol. The summed E-state index contributed by atoms with van der Waals surface area (Å²) in [6.07, 6.45) is 1.82. The second-order valence-electron chi connectivity index (χ2n) is 9.51. The second kappa shape index (κ2) is 10.8. The summed E-state index contributed by atoms with van der Waals surface area (Å²) >= 11 is 0. The highest BCUT2D eigenvalue weighted by Gasteiger charge is 2.33. The lowest BCUT2D eigenvalue weighted by Gasteiger charge is -2.45. The molecule has 2 aliphatic heterocycles. The van der Waals surface area contributed by atoms with Gasteiger partial charge in [-0.15, -0.1) is 24.0 Å². The van der Waals surface area contributed by atoms with Gasteiger partial charge in [-0.2, -0.15) is 0 Å². The normalized spacial score (nSPS) is 25.0. The molecule has 7 heteroatoms. The molecule has 3 atom stereocenters. The summed E-state index contributed by atoms with van der Waals surface area (Å²) in [5, 5.41) is 9.90. The van der Waals surface area contributed by atoms with Gasteiger partial charge in [0.15, 0.2) is 5.96 Å². The number of hydrogen-bond acceptors (Lipinski definition) is 3. The Morgan fingerprint density at radius 2 is 1.87 bits per heavy atom. The van der Waals surface area contributed by atoms with Gasteiger partial charge in [-0.1, -0.05) is 32.0 Å². The number of guanidine groups is 1. The van der Waals surface area contributed by atoms with Crippen LogP contribution in [0, 0.1) is 11.8 Å². The minimum atomic E-state index is 0. The maximum atomic E-state index is 12.0. The first kappa shape index (κ1) is 24.9. The summed E-state index contributed by atoms with van der Waals surface area (Å²) in [5.41, 5.74) is 2.16. The number of likely N-dealkylation sites (tertiary alicyclic amines) is 1. The third-order valence-corrected chi connectivity index (χ3v) is 6.26. The van der Waals surface area contributed by atoms with E-state index in [4.69, 9.17) is 0 Å². The summed E-state index contributed by atoms with van der Waals surface area (Å²) in [4.78, 5) is 19.1. The van der Waals surface area contributed by atoms with E-state index in [-0.39, 0.29) is 41.3 Å². The standard InChI is InChI=1S/C23H37N5O.HI/c1-16-10-17(2)14-28(13-16)23(3,4)15-26-22(24-5)25-12-18-11-21(29)27-20-9-7-6-8-19(18)20;/h6-9,16-18H,10-15H2,1-5H3,(H,27,29)(H2,24,25,26);1H. The van der Waals surface area contributed by atoms with Gasteiger partial charge in [0, 0.05) is 56.8 Å². The van der Waals surface area contributed by atoms with Gasteiger partial charge in [0.2, 0.25) is 5.91 Å². The van der Waals surface area contributed by atoms with Crippen molar-refractivity contribution in [2.45, 2.75) is 52.0 Å². The maximum absolute atomic E-state index is 12.0. The number of halogens is 1. The van der Waals surface area contributed by atoms with E-state index in [0.29, 0.717) is 13.0 Å². The molecular formula is C23H38IN5O. The smallest absolute Gasteiger partial charge is 0.225 e. The number of benzene rings is 1. The Kier molecular flexibility index (Phi) is 8.97. The number of para-hydroxylation sites is 1. The fourth-order valence-electron chi connectivity index (χ4n) is 4.69. The fraction of sp³-hybridized carbons (Fsp3) is 0.652. The summed E-state index contributed by atoms with van der Waals surface area (Å²) in [5.74, 6) is 2.50. The third-order valence-electron chi connectivity index (χ3n) is 6.26. The highest BCUT2D eigenvalue weighted by molar-refractivity contribution is 14.0. The molecule has 3 N–H and O–H groups in total.